The Bertz CT molecular complexity index is 670. The van der Waals surface area contributed by atoms with Crippen LogP contribution in [0.1, 0.15) is 45.7 Å². The maximum absolute atomic E-state index is 5.59. The van der Waals surface area contributed by atoms with Crippen molar-refractivity contribution in [2.24, 2.45) is 0 Å². The van der Waals surface area contributed by atoms with Crippen molar-refractivity contribution in [1.29, 1.82) is 0 Å². The van der Waals surface area contributed by atoms with Crippen LogP contribution in [0.15, 0.2) is 0 Å². The molecule has 1 aliphatic heterocycles. The summed E-state index contributed by atoms with van der Waals surface area (Å²) < 4.78 is 5.01. The number of hydrogen-bond donors (Lipinski definition) is 1. The van der Waals surface area contributed by atoms with Crippen LogP contribution >= 0.6 is 12.2 Å². The Morgan fingerprint density at radius 2 is 1.95 bits per heavy atom. The molecule has 1 aliphatic rings. The number of fused-ring (bicyclic) bond motifs is 1. The number of aromatic nitrogens is 4. The maximum Gasteiger partial charge on any atom is 0.198 e. The Morgan fingerprint density at radius 1 is 1.30 bits per heavy atom. The Kier molecular flexibility index (Phi) is 3.36. The van der Waals surface area contributed by atoms with Crippen molar-refractivity contribution in [2.45, 2.75) is 65.6 Å². The minimum absolute atomic E-state index is 0.505. The summed E-state index contributed by atoms with van der Waals surface area (Å²) in [5.41, 5.74) is 3.20. The van der Waals surface area contributed by atoms with E-state index in [9.17, 15) is 0 Å². The third-order valence-electron chi connectivity index (χ3n) is 4.40. The summed E-state index contributed by atoms with van der Waals surface area (Å²) in [7, 11) is 0. The average Bonchev–Trinajstić information content (AvgIpc) is 2.88. The van der Waals surface area contributed by atoms with Crippen LogP contribution in [0.2, 0.25) is 0 Å². The third kappa shape index (κ3) is 1.89. The molecule has 2 unspecified atom stereocenters. The van der Waals surface area contributed by atoms with E-state index in [4.69, 9.17) is 12.2 Å². The molecule has 3 heterocycles. The van der Waals surface area contributed by atoms with Gasteiger partial charge in [0.1, 0.15) is 5.52 Å². The highest BCUT2D eigenvalue weighted by molar-refractivity contribution is 7.71. The van der Waals surface area contributed by atoms with E-state index in [2.05, 4.69) is 40.5 Å². The van der Waals surface area contributed by atoms with E-state index in [-0.39, 0.29) is 0 Å². The summed E-state index contributed by atoms with van der Waals surface area (Å²) in [6, 6.07) is 1.01. The first kappa shape index (κ1) is 13.7. The van der Waals surface area contributed by atoms with Crippen molar-refractivity contribution < 1.29 is 0 Å². The number of nitrogens with zero attached hydrogens (tertiary/aromatic N) is 4. The second-order valence-corrected chi connectivity index (χ2v) is 6.24. The quantitative estimate of drug-likeness (QED) is 0.865. The molecule has 2 aromatic rings. The zero-order valence-electron chi connectivity index (χ0n) is 12.7. The fourth-order valence-electron chi connectivity index (χ4n) is 3.42. The Hall–Kier alpha value is -1.30. The first-order valence-corrected chi connectivity index (χ1v) is 7.92. The van der Waals surface area contributed by atoms with Gasteiger partial charge < -0.3 is 9.99 Å². The monoisotopic (exact) mass is 293 g/mol. The van der Waals surface area contributed by atoms with Crippen molar-refractivity contribution in [1.82, 2.24) is 19.4 Å². The number of rotatable bonds is 2. The van der Waals surface area contributed by atoms with Crippen molar-refractivity contribution >= 4 is 23.4 Å². The van der Waals surface area contributed by atoms with Crippen molar-refractivity contribution in [3.63, 3.8) is 0 Å². The molecule has 3 rings (SSSR count). The van der Waals surface area contributed by atoms with E-state index < -0.39 is 0 Å². The lowest BCUT2D eigenvalue weighted by Gasteiger charge is -2.41. The molecule has 1 saturated heterocycles. The third-order valence-corrected chi connectivity index (χ3v) is 4.68. The molecular formula is C14H23N5S. The van der Waals surface area contributed by atoms with Crippen LogP contribution in [0.5, 0.6) is 0 Å². The lowest BCUT2D eigenvalue weighted by atomic mass is 10.00. The van der Waals surface area contributed by atoms with Crippen molar-refractivity contribution in [3.05, 3.63) is 10.5 Å². The number of H-pyrrole nitrogens is 1. The molecule has 6 heteroatoms. The van der Waals surface area contributed by atoms with Gasteiger partial charge in [0.05, 0.1) is 5.69 Å². The Morgan fingerprint density at radius 3 is 2.55 bits per heavy atom. The van der Waals surface area contributed by atoms with Crippen molar-refractivity contribution in [2.75, 3.05) is 5.01 Å². The minimum atomic E-state index is 0.505. The number of hydrogen-bond acceptors (Lipinski definition) is 3. The van der Waals surface area contributed by atoms with Gasteiger partial charge in [0.25, 0.3) is 0 Å². The molecule has 0 amide bonds. The molecule has 0 saturated carbocycles. The van der Waals surface area contributed by atoms with Gasteiger partial charge in [-0.15, -0.1) is 0 Å². The Labute approximate surface area is 124 Å². The zero-order valence-corrected chi connectivity index (χ0v) is 13.5. The van der Waals surface area contributed by atoms with Crippen LogP contribution in [0, 0.1) is 11.7 Å². The van der Waals surface area contributed by atoms with Crippen LogP contribution in [0.25, 0.3) is 11.2 Å². The molecule has 110 valence electrons. The SMILES string of the molecule is CCn1nc(C)c2[nH]c(=S)n(N3C(C)CCCC3C)c21. The zero-order chi connectivity index (χ0) is 14.4. The number of imidazole rings is 1. The molecule has 0 bridgehead atoms. The van der Waals surface area contributed by atoms with E-state index in [0.29, 0.717) is 12.1 Å². The second-order valence-electron chi connectivity index (χ2n) is 5.85. The van der Waals surface area contributed by atoms with E-state index in [0.717, 1.165) is 28.2 Å². The summed E-state index contributed by atoms with van der Waals surface area (Å²) >= 11 is 5.59. The highest BCUT2D eigenvalue weighted by Crippen LogP contribution is 2.26. The van der Waals surface area contributed by atoms with E-state index in [1.54, 1.807) is 0 Å². The Balaban J connectivity index is 2.24. The summed E-state index contributed by atoms with van der Waals surface area (Å²) in [5, 5.41) is 7.04. The maximum atomic E-state index is 5.59. The fourth-order valence-corrected chi connectivity index (χ4v) is 3.71. The van der Waals surface area contributed by atoms with Gasteiger partial charge in [-0.2, -0.15) is 5.10 Å². The van der Waals surface area contributed by atoms with Crippen LogP contribution in [-0.4, -0.2) is 31.5 Å². The molecule has 2 atom stereocenters. The van der Waals surface area contributed by atoms with Crippen LogP contribution in [0.3, 0.4) is 0 Å². The van der Waals surface area contributed by atoms with E-state index in [1.165, 1.54) is 19.3 Å². The molecule has 20 heavy (non-hydrogen) atoms. The predicted molar refractivity (Wildman–Crippen MR) is 84.3 cm³/mol. The number of aryl methyl sites for hydroxylation is 2. The van der Waals surface area contributed by atoms with Gasteiger partial charge in [0.2, 0.25) is 0 Å². The van der Waals surface area contributed by atoms with Gasteiger partial charge in [-0.25, -0.2) is 9.36 Å². The standard InChI is InChI=1S/C14H23N5S/c1-5-17-13-12(11(4)16-17)15-14(20)19(13)18-9(2)7-6-8-10(18)3/h9-10H,5-8H2,1-4H3,(H,15,20). The number of piperidine rings is 1. The smallest absolute Gasteiger partial charge is 0.198 e. The average molecular weight is 293 g/mol. The topological polar surface area (TPSA) is 41.8 Å². The second kappa shape index (κ2) is 4.91. The molecule has 0 aromatic carbocycles. The molecule has 1 N–H and O–H groups in total. The largest absolute Gasteiger partial charge is 0.326 e. The van der Waals surface area contributed by atoms with Gasteiger partial charge in [-0.1, -0.05) is 0 Å². The highest BCUT2D eigenvalue weighted by atomic mass is 32.1. The van der Waals surface area contributed by atoms with Crippen LogP contribution in [-0.2, 0) is 6.54 Å². The normalized spacial score (nSPS) is 23.7. The first-order chi connectivity index (χ1) is 9.54. The molecule has 0 spiro atoms. The van der Waals surface area contributed by atoms with Gasteiger partial charge in [-0.05, 0) is 59.2 Å². The van der Waals surface area contributed by atoms with Gasteiger partial charge in [-0.3, -0.25) is 0 Å². The summed E-state index contributed by atoms with van der Waals surface area (Å²) in [4.78, 5) is 3.34. The van der Waals surface area contributed by atoms with E-state index in [1.807, 2.05) is 11.6 Å². The lowest BCUT2D eigenvalue weighted by Crippen LogP contribution is -2.51. The summed E-state index contributed by atoms with van der Waals surface area (Å²) in [6.07, 6.45) is 3.74. The van der Waals surface area contributed by atoms with Crippen LogP contribution in [0.4, 0.5) is 0 Å². The molecular weight excluding hydrogens is 270 g/mol. The van der Waals surface area contributed by atoms with E-state index >= 15 is 0 Å². The molecule has 5 nitrogen and oxygen atoms in total. The molecule has 1 fully saturated rings. The predicted octanol–water partition coefficient (Wildman–Crippen LogP) is 3.12. The summed E-state index contributed by atoms with van der Waals surface area (Å²) in [5.74, 6) is 0. The van der Waals surface area contributed by atoms with Gasteiger partial charge in [0.15, 0.2) is 10.4 Å². The highest BCUT2D eigenvalue weighted by Gasteiger charge is 2.28. The number of aromatic amines is 1. The first-order valence-electron chi connectivity index (χ1n) is 7.51. The molecule has 0 radical (unpaired) electrons. The number of nitrogens with one attached hydrogen (secondary N) is 1. The molecule has 2 aromatic heterocycles. The summed E-state index contributed by atoms with van der Waals surface area (Å²) in [6.45, 7) is 9.58. The van der Waals surface area contributed by atoms with Gasteiger partial charge >= 0.3 is 0 Å². The fraction of sp³-hybridized carbons (Fsp3) is 0.714. The minimum Gasteiger partial charge on any atom is -0.326 e. The van der Waals surface area contributed by atoms with Crippen molar-refractivity contribution in [3.8, 4) is 0 Å². The van der Waals surface area contributed by atoms with Crippen LogP contribution < -0.4 is 5.01 Å². The van der Waals surface area contributed by atoms with Gasteiger partial charge in [0, 0.05) is 18.6 Å². The molecule has 0 aliphatic carbocycles. The lowest BCUT2D eigenvalue weighted by molar-refractivity contribution is 0.336.